The molecule has 0 fully saturated rings. The minimum Gasteiger partial charge on any atom is -0.382 e. The zero-order valence-corrected chi connectivity index (χ0v) is 9.30. The van der Waals surface area contributed by atoms with E-state index in [0.717, 1.165) is 10.2 Å². The maximum atomic E-state index is 12.2. The van der Waals surface area contributed by atoms with Crippen LogP contribution in [0.1, 0.15) is 0 Å². The molecular formula is C12H11F3N2O. The maximum absolute atomic E-state index is 12.2. The van der Waals surface area contributed by atoms with Crippen molar-refractivity contribution in [3.8, 4) is 11.1 Å². The Labute approximate surface area is 101 Å². The second-order valence-corrected chi connectivity index (χ2v) is 3.87. The Morgan fingerprint density at radius 2 is 1.83 bits per heavy atom. The molecule has 0 bridgehead atoms. The number of nitrogens with zero attached hydrogens (tertiary/aromatic N) is 2. The highest BCUT2D eigenvalue weighted by atomic mass is 19.4. The highest BCUT2D eigenvalue weighted by Gasteiger charge is 2.38. The zero-order chi connectivity index (χ0) is 13.2. The average Bonchev–Trinajstić information content (AvgIpc) is 2.77. The van der Waals surface area contributed by atoms with Gasteiger partial charge in [0.15, 0.2) is 6.10 Å². The quantitative estimate of drug-likeness (QED) is 0.916. The van der Waals surface area contributed by atoms with E-state index in [2.05, 4.69) is 5.10 Å². The van der Waals surface area contributed by atoms with E-state index in [4.69, 9.17) is 5.11 Å². The summed E-state index contributed by atoms with van der Waals surface area (Å²) in [5, 5.41) is 12.7. The minimum atomic E-state index is -4.63. The van der Waals surface area contributed by atoms with Gasteiger partial charge in [-0.1, -0.05) is 30.3 Å². The van der Waals surface area contributed by atoms with Crippen molar-refractivity contribution in [2.45, 2.75) is 18.8 Å². The molecule has 1 unspecified atom stereocenters. The molecule has 0 aliphatic carbocycles. The lowest BCUT2D eigenvalue weighted by Gasteiger charge is -2.13. The molecule has 96 valence electrons. The van der Waals surface area contributed by atoms with Crippen LogP contribution in [0.4, 0.5) is 13.2 Å². The smallest absolute Gasteiger partial charge is 0.382 e. The van der Waals surface area contributed by atoms with Crippen LogP contribution in [0.2, 0.25) is 0 Å². The summed E-state index contributed by atoms with van der Waals surface area (Å²) in [5.74, 6) is 0. The van der Waals surface area contributed by atoms with Crippen molar-refractivity contribution < 1.29 is 18.3 Å². The van der Waals surface area contributed by atoms with Crippen LogP contribution in [-0.2, 0) is 6.54 Å². The van der Waals surface area contributed by atoms with E-state index < -0.39 is 18.8 Å². The van der Waals surface area contributed by atoms with E-state index in [9.17, 15) is 13.2 Å². The third kappa shape index (κ3) is 2.89. The van der Waals surface area contributed by atoms with Gasteiger partial charge in [0, 0.05) is 11.8 Å². The molecule has 0 spiro atoms. The first-order valence-corrected chi connectivity index (χ1v) is 5.29. The molecule has 0 radical (unpaired) electrons. The maximum Gasteiger partial charge on any atom is 0.416 e. The lowest BCUT2D eigenvalue weighted by Crippen LogP contribution is -2.32. The number of aromatic nitrogens is 2. The van der Waals surface area contributed by atoms with Crippen LogP contribution >= 0.6 is 0 Å². The molecule has 1 heterocycles. The van der Waals surface area contributed by atoms with Gasteiger partial charge in [-0.15, -0.1) is 0 Å². The summed E-state index contributed by atoms with van der Waals surface area (Å²) in [6, 6.07) is 9.18. The van der Waals surface area contributed by atoms with Crippen molar-refractivity contribution >= 4 is 0 Å². The Balaban J connectivity index is 2.12. The SMILES string of the molecule is OC(Cn1cc(-c2ccccc2)cn1)C(F)(F)F. The van der Waals surface area contributed by atoms with Crippen molar-refractivity contribution in [1.82, 2.24) is 9.78 Å². The van der Waals surface area contributed by atoms with Gasteiger partial charge in [-0.2, -0.15) is 18.3 Å². The van der Waals surface area contributed by atoms with E-state index in [1.807, 2.05) is 30.3 Å². The fraction of sp³-hybridized carbons (Fsp3) is 0.250. The van der Waals surface area contributed by atoms with Gasteiger partial charge in [0.1, 0.15) is 0 Å². The molecule has 0 saturated carbocycles. The van der Waals surface area contributed by atoms with Gasteiger partial charge in [-0.05, 0) is 5.56 Å². The van der Waals surface area contributed by atoms with E-state index in [1.54, 1.807) is 0 Å². The molecule has 0 amide bonds. The molecule has 3 nitrogen and oxygen atoms in total. The molecule has 1 N–H and O–H groups in total. The number of hydrogen-bond acceptors (Lipinski definition) is 2. The summed E-state index contributed by atoms with van der Waals surface area (Å²) in [6.07, 6.45) is -4.08. The second-order valence-electron chi connectivity index (χ2n) is 3.87. The predicted molar refractivity (Wildman–Crippen MR) is 59.7 cm³/mol. The molecule has 18 heavy (non-hydrogen) atoms. The average molecular weight is 256 g/mol. The molecule has 0 aliphatic rings. The van der Waals surface area contributed by atoms with Crippen molar-refractivity contribution in [1.29, 1.82) is 0 Å². The number of aliphatic hydroxyl groups excluding tert-OH is 1. The fourth-order valence-corrected chi connectivity index (χ4v) is 1.52. The van der Waals surface area contributed by atoms with Crippen molar-refractivity contribution in [2.75, 3.05) is 0 Å². The summed E-state index contributed by atoms with van der Waals surface area (Å²) in [4.78, 5) is 0. The first kappa shape index (κ1) is 12.6. The van der Waals surface area contributed by atoms with Crippen molar-refractivity contribution in [3.05, 3.63) is 42.7 Å². The fourth-order valence-electron chi connectivity index (χ4n) is 1.52. The Bertz CT molecular complexity index is 508. The zero-order valence-electron chi connectivity index (χ0n) is 9.30. The van der Waals surface area contributed by atoms with E-state index >= 15 is 0 Å². The molecule has 6 heteroatoms. The van der Waals surface area contributed by atoms with Crippen LogP contribution in [-0.4, -0.2) is 27.2 Å². The molecule has 1 aromatic carbocycles. The lowest BCUT2D eigenvalue weighted by molar-refractivity contribution is -0.208. The minimum absolute atomic E-state index is 0.601. The van der Waals surface area contributed by atoms with E-state index in [-0.39, 0.29) is 0 Å². The second kappa shape index (κ2) is 4.81. The molecule has 2 rings (SSSR count). The number of alkyl halides is 3. The van der Waals surface area contributed by atoms with Crippen LogP contribution in [0.5, 0.6) is 0 Å². The van der Waals surface area contributed by atoms with Crippen LogP contribution in [0.15, 0.2) is 42.7 Å². The molecule has 0 aliphatic heterocycles. The number of hydrogen-bond donors (Lipinski definition) is 1. The Morgan fingerprint density at radius 3 is 2.44 bits per heavy atom. The Hall–Kier alpha value is -1.82. The van der Waals surface area contributed by atoms with Gasteiger partial charge >= 0.3 is 6.18 Å². The number of rotatable bonds is 3. The first-order chi connectivity index (χ1) is 8.47. The van der Waals surface area contributed by atoms with Gasteiger partial charge in [-0.25, -0.2) is 0 Å². The molecule has 1 atom stereocenters. The van der Waals surface area contributed by atoms with Crippen LogP contribution < -0.4 is 0 Å². The van der Waals surface area contributed by atoms with Crippen LogP contribution in [0.25, 0.3) is 11.1 Å². The summed E-state index contributed by atoms with van der Waals surface area (Å²) in [5.41, 5.74) is 1.58. The number of aliphatic hydroxyl groups is 1. The molecule has 0 saturated heterocycles. The van der Waals surface area contributed by atoms with E-state index in [1.165, 1.54) is 12.4 Å². The van der Waals surface area contributed by atoms with Gasteiger partial charge in [-0.3, -0.25) is 4.68 Å². The topological polar surface area (TPSA) is 38.0 Å². The third-order valence-corrected chi connectivity index (χ3v) is 2.48. The predicted octanol–water partition coefficient (Wildman–Crippen LogP) is 2.47. The van der Waals surface area contributed by atoms with Gasteiger partial charge in [0.2, 0.25) is 0 Å². The summed E-state index contributed by atoms with van der Waals surface area (Å²) in [6.45, 7) is -0.601. The number of halogens is 3. The van der Waals surface area contributed by atoms with Crippen molar-refractivity contribution in [2.24, 2.45) is 0 Å². The summed E-state index contributed by atoms with van der Waals surface area (Å²) >= 11 is 0. The Kier molecular flexibility index (Phi) is 3.38. The van der Waals surface area contributed by atoms with Crippen LogP contribution in [0.3, 0.4) is 0 Å². The molecule has 2 aromatic rings. The van der Waals surface area contributed by atoms with E-state index in [0.29, 0.717) is 5.56 Å². The van der Waals surface area contributed by atoms with Crippen molar-refractivity contribution in [3.63, 3.8) is 0 Å². The Morgan fingerprint density at radius 1 is 1.17 bits per heavy atom. The van der Waals surface area contributed by atoms with Gasteiger partial charge in [0.25, 0.3) is 0 Å². The largest absolute Gasteiger partial charge is 0.416 e. The monoisotopic (exact) mass is 256 g/mol. The molecule has 1 aromatic heterocycles. The van der Waals surface area contributed by atoms with Gasteiger partial charge < -0.3 is 5.11 Å². The third-order valence-electron chi connectivity index (χ3n) is 2.48. The highest BCUT2D eigenvalue weighted by Crippen LogP contribution is 2.22. The first-order valence-electron chi connectivity index (χ1n) is 5.29. The normalized spacial score (nSPS) is 13.6. The summed E-state index contributed by atoms with van der Waals surface area (Å²) in [7, 11) is 0. The molecular weight excluding hydrogens is 245 g/mol. The standard InChI is InChI=1S/C12H11F3N2O/c13-12(14,15)11(18)8-17-7-10(6-16-17)9-4-2-1-3-5-9/h1-7,11,18H,8H2. The lowest BCUT2D eigenvalue weighted by atomic mass is 10.1. The van der Waals surface area contributed by atoms with Gasteiger partial charge in [0.05, 0.1) is 12.7 Å². The number of benzene rings is 1. The van der Waals surface area contributed by atoms with Crippen LogP contribution in [0, 0.1) is 0 Å². The summed E-state index contributed by atoms with van der Waals surface area (Å²) < 4.78 is 37.6. The highest BCUT2D eigenvalue weighted by molar-refractivity contribution is 5.61.